The molecule has 0 aliphatic carbocycles. The van der Waals surface area contributed by atoms with Gasteiger partial charge in [0, 0.05) is 18.2 Å². The SMILES string of the molecule is CCOP(=O)(OCC)C(F)(F)[C@H]1C[C@@H](n2c(=O)[nH]cc(C)c2=O)O[C@@H]1CO[Si](c1ccccc1)(c1ccccc1)C(C)(C)C. The van der Waals surface area contributed by atoms with Crippen LogP contribution in [-0.2, 0) is 22.8 Å². The second-order valence-electron chi connectivity index (χ2n) is 11.8. The van der Waals surface area contributed by atoms with Crippen LogP contribution >= 0.6 is 7.60 Å². The van der Waals surface area contributed by atoms with Crippen LogP contribution < -0.4 is 21.6 Å². The summed E-state index contributed by atoms with van der Waals surface area (Å²) in [5, 5.41) is 1.39. The highest BCUT2D eigenvalue weighted by Crippen LogP contribution is 2.67. The molecule has 0 saturated carbocycles. The van der Waals surface area contributed by atoms with Gasteiger partial charge in [-0.3, -0.25) is 9.36 Å². The van der Waals surface area contributed by atoms with Crippen LogP contribution in [-0.4, -0.2) is 49.5 Å². The van der Waals surface area contributed by atoms with Gasteiger partial charge in [-0.2, -0.15) is 8.78 Å². The van der Waals surface area contributed by atoms with Gasteiger partial charge in [-0.25, -0.2) is 9.36 Å². The first-order chi connectivity index (χ1) is 20.7. The zero-order chi connectivity index (χ0) is 32.3. The summed E-state index contributed by atoms with van der Waals surface area (Å²) in [5.74, 6) is -1.78. The number of ether oxygens (including phenoxy) is 1. The summed E-state index contributed by atoms with van der Waals surface area (Å²) >= 11 is 0. The molecule has 1 fully saturated rings. The standard InChI is InChI=1S/C31H41F2N2O7PSi/c1-7-39-43(38,40-8-2)31(32,33)25-19-27(35-28(36)22(3)20-34-29(35)37)42-26(25)21-41-44(30(4,5)6,23-15-11-9-12-16-23)24-17-13-10-14-18-24/h9-18,20,25-27H,7-8,19,21H2,1-6H3,(H,34,37)/t25-,26+,27-/m0/s1. The second-order valence-corrected chi connectivity index (χ2v) is 18.2. The molecule has 3 atom stereocenters. The summed E-state index contributed by atoms with van der Waals surface area (Å²) in [7, 11) is -8.21. The molecule has 0 amide bonds. The smallest absolute Gasteiger partial charge is 0.399 e. The topological polar surface area (TPSA) is 109 Å². The highest BCUT2D eigenvalue weighted by Gasteiger charge is 2.64. The van der Waals surface area contributed by atoms with Crippen molar-refractivity contribution in [3.63, 3.8) is 0 Å². The minimum atomic E-state index is -5.00. The van der Waals surface area contributed by atoms with E-state index in [0.717, 1.165) is 14.9 Å². The van der Waals surface area contributed by atoms with Gasteiger partial charge in [-0.05, 0) is 36.2 Å². The highest BCUT2D eigenvalue weighted by atomic mass is 31.2. The minimum Gasteiger partial charge on any atom is -0.405 e. The van der Waals surface area contributed by atoms with E-state index in [-0.39, 0.29) is 25.4 Å². The Morgan fingerprint density at radius 3 is 1.98 bits per heavy atom. The van der Waals surface area contributed by atoms with Crippen molar-refractivity contribution in [2.75, 3.05) is 19.8 Å². The van der Waals surface area contributed by atoms with Gasteiger partial charge in [0.1, 0.15) is 6.23 Å². The molecule has 2 heterocycles. The Hall–Kier alpha value is -2.73. The number of hydrogen-bond donors (Lipinski definition) is 1. The van der Waals surface area contributed by atoms with Crippen LogP contribution in [0.5, 0.6) is 0 Å². The van der Waals surface area contributed by atoms with Crippen molar-refractivity contribution in [2.24, 2.45) is 5.92 Å². The molecule has 1 aromatic heterocycles. The Kier molecular flexibility index (Phi) is 10.3. The summed E-state index contributed by atoms with van der Waals surface area (Å²) in [6.45, 7) is 9.67. The predicted molar refractivity (Wildman–Crippen MR) is 167 cm³/mol. The number of H-pyrrole nitrogens is 1. The van der Waals surface area contributed by atoms with Crippen LogP contribution in [0.15, 0.2) is 76.4 Å². The van der Waals surface area contributed by atoms with E-state index in [1.165, 1.54) is 27.0 Å². The van der Waals surface area contributed by atoms with E-state index >= 15 is 8.78 Å². The molecule has 0 unspecified atom stereocenters. The molecule has 240 valence electrons. The van der Waals surface area contributed by atoms with Crippen LogP contribution in [0.2, 0.25) is 5.04 Å². The number of hydrogen-bond acceptors (Lipinski definition) is 7. The largest absolute Gasteiger partial charge is 0.405 e. The van der Waals surface area contributed by atoms with Crippen molar-refractivity contribution >= 4 is 26.3 Å². The molecule has 2 aromatic carbocycles. The lowest BCUT2D eigenvalue weighted by molar-refractivity contribution is -0.0715. The van der Waals surface area contributed by atoms with Crippen LogP contribution in [0.3, 0.4) is 0 Å². The molecule has 44 heavy (non-hydrogen) atoms. The molecule has 0 radical (unpaired) electrons. The number of rotatable bonds is 12. The molecule has 13 heteroatoms. The summed E-state index contributed by atoms with van der Waals surface area (Å²) < 4.78 is 70.5. The van der Waals surface area contributed by atoms with Gasteiger partial charge in [0.05, 0.1) is 31.8 Å². The zero-order valence-corrected chi connectivity index (χ0v) is 27.8. The average molecular weight is 651 g/mol. The molecule has 0 spiro atoms. The summed E-state index contributed by atoms with van der Waals surface area (Å²) in [6.07, 6.45) is -1.99. The molecule has 1 N–H and O–H groups in total. The molecule has 0 bridgehead atoms. The van der Waals surface area contributed by atoms with E-state index in [4.69, 9.17) is 18.2 Å². The number of nitrogens with zero attached hydrogens (tertiary/aromatic N) is 1. The van der Waals surface area contributed by atoms with Gasteiger partial charge in [0.15, 0.2) is 0 Å². The number of aryl methyl sites for hydroxylation is 1. The van der Waals surface area contributed by atoms with E-state index in [0.29, 0.717) is 0 Å². The lowest BCUT2D eigenvalue weighted by Crippen LogP contribution is -2.67. The summed E-state index contributed by atoms with van der Waals surface area (Å²) in [5.41, 5.74) is -5.31. The van der Waals surface area contributed by atoms with Crippen LogP contribution in [0.1, 0.15) is 52.8 Å². The molecule has 1 saturated heterocycles. The third-order valence-corrected chi connectivity index (χ3v) is 15.3. The van der Waals surface area contributed by atoms with Crippen molar-refractivity contribution in [3.05, 3.63) is 93.3 Å². The second kappa shape index (κ2) is 13.3. The molecule has 9 nitrogen and oxygen atoms in total. The minimum absolute atomic E-state index is 0.206. The molecular formula is C31H41F2N2O7PSi. The van der Waals surface area contributed by atoms with Crippen LogP contribution in [0, 0.1) is 12.8 Å². The fraction of sp³-hybridized carbons (Fsp3) is 0.484. The van der Waals surface area contributed by atoms with E-state index in [1.807, 2.05) is 81.4 Å². The molecule has 4 rings (SSSR count). The molecular weight excluding hydrogens is 609 g/mol. The van der Waals surface area contributed by atoms with E-state index in [9.17, 15) is 14.2 Å². The Morgan fingerprint density at radius 1 is 0.977 bits per heavy atom. The number of benzene rings is 2. The maximum Gasteiger partial charge on any atom is 0.399 e. The Morgan fingerprint density at radius 2 is 1.50 bits per heavy atom. The Labute approximate surface area is 257 Å². The summed E-state index contributed by atoms with van der Waals surface area (Å²) in [6, 6.07) is 19.3. The van der Waals surface area contributed by atoms with Crippen LogP contribution in [0.25, 0.3) is 0 Å². The number of alkyl halides is 2. The van der Waals surface area contributed by atoms with E-state index < -0.39 is 62.5 Å². The van der Waals surface area contributed by atoms with Crippen molar-refractivity contribution in [3.8, 4) is 0 Å². The average Bonchev–Trinajstić information content (AvgIpc) is 3.41. The van der Waals surface area contributed by atoms with Gasteiger partial charge in [0.2, 0.25) is 0 Å². The Balaban J connectivity index is 1.84. The normalized spacial score (nSPS) is 19.8. The quantitative estimate of drug-likeness (QED) is 0.213. The maximum atomic E-state index is 16.5. The highest BCUT2D eigenvalue weighted by molar-refractivity contribution is 7.55. The molecule has 1 aliphatic heterocycles. The van der Waals surface area contributed by atoms with E-state index in [1.54, 1.807) is 0 Å². The predicted octanol–water partition coefficient (Wildman–Crippen LogP) is 5.18. The fourth-order valence-corrected chi connectivity index (χ4v) is 12.3. The molecule has 1 aliphatic rings. The molecule has 3 aromatic rings. The number of aromatic nitrogens is 2. The van der Waals surface area contributed by atoms with Crippen molar-refractivity contribution in [2.45, 2.75) is 71.0 Å². The van der Waals surface area contributed by atoms with Crippen LogP contribution in [0.4, 0.5) is 8.78 Å². The number of aromatic amines is 1. The number of nitrogens with one attached hydrogen (secondary N) is 1. The van der Waals surface area contributed by atoms with Crippen molar-refractivity contribution < 1.29 is 31.6 Å². The van der Waals surface area contributed by atoms with Crippen molar-refractivity contribution in [1.82, 2.24) is 9.55 Å². The monoisotopic (exact) mass is 650 g/mol. The maximum absolute atomic E-state index is 16.5. The zero-order valence-electron chi connectivity index (χ0n) is 25.9. The lowest BCUT2D eigenvalue weighted by Gasteiger charge is -2.44. The van der Waals surface area contributed by atoms with Crippen molar-refractivity contribution in [1.29, 1.82) is 0 Å². The third kappa shape index (κ3) is 6.20. The van der Waals surface area contributed by atoms with Gasteiger partial charge < -0.3 is 23.2 Å². The lowest BCUT2D eigenvalue weighted by atomic mass is 10.0. The van der Waals surface area contributed by atoms with Gasteiger partial charge in [-0.15, -0.1) is 0 Å². The third-order valence-electron chi connectivity index (χ3n) is 8.00. The fourth-order valence-electron chi connectivity index (χ4n) is 5.97. The van der Waals surface area contributed by atoms with Gasteiger partial charge in [-0.1, -0.05) is 81.4 Å². The first-order valence-corrected chi connectivity index (χ1v) is 18.2. The summed E-state index contributed by atoms with van der Waals surface area (Å²) in [4.78, 5) is 28.2. The van der Waals surface area contributed by atoms with Gasteiger partial charge in [0.25, 0.3) is 13.9 Å². The Bertz CT molecular complexity index is 1530. The number of halogens is 2. The first kappa shape index (κ1) is 34.1. The van der Waals surface area contributed by atoms with E-state index in [2.05, 4.69) is 4.98 Å². The first-order valence-electron chi connectivity index (χ1n) is 14.7. The van der Waals surface area contributed by atoms with Gasteiger partial charge >= 0.3 is 18.9 Å².